The number of amidine groups is 1. The molecule has 1 aromatic rings. The van der Waals surface area contributed by atoms with E-state index in [1.165, 1.54) is 13.3 Å². The van der Waals surface area contributed by atoms with Gasteiger partial charge in [0.2, 0.25) is 0 Å². The van der Waals surface area contributed by atoms with E-state index in [1.54, 1.807) is 13.2 Å². The molecule has 1 aliphatic rings. The monoisotopic (exact) mass is 319 g/mol. The van der Waals surface area contributed by atoms with E-state index in [2.05, 4.69) is 20.3 Å². The van der Waals surface area contributed by atoms with Crippen LogP contribution in [0.2, 0.25) is 0 Å². The summed E-state index contributed by atoms with van der Waals surface area (Å²) in [4.78, 5) is 22.9. The number of hydrogen-bond donors (Lipinski definition) is 1. The van der Waals surface area contributed by atoms with Crippen molar-refractivity contribution < 1.29 is 19.1 Å². The molecule has 8 heteroatoms. The zero-order valence-corrected chi connectivity index (χ0v) is 12.7. The van der Waals surface area contributed by atoms with Gasteiger partial charge in [0.15, 0.2) is 5.17 Å². The molecule has 1 N–H and O–H groups in total. The third-order valence-electron chi connectivity index (χ3n) is 2.55. The third kappa shape index (κ3) is 4.19. The van der Waals surface area contributed by atoms with Crippen LogP contribution in [0.1, 0.15) is 5.56 Å². The van der Waals surface area contributed by atoms with Crippen LogP contribution >= 0.6 is 11.8 Å². The predicted octanol–water partition coefficient (Wildman–Crippen LogP) is 1.30. The number of nitrogens with one attached hydrogen (secondary N) is 1. The van der Waals surface area contributed by atoms with Gasteiger partial charge in [-0.25, -0.2) is 4.79 Å². The van der Waals surface area contributed by atoms with Gasteiger partial charge < -0.3 is 9.47 Å². The smallest absolute Gasteiger partial charge is 0.331 e. The lowest BCUT2D eigenvalue weighted by Crippen LogP contribution is -2.19. The Morgan fingerprint density at radius 1 is 1.36 bits per heavy atom. The lowest BCUT2D eigenvalue weighted by atomic mass is 10.2. The number of ether oxygens (including phenoxy) is 2. The summed E-state index contributed by atoms with van der Waals surface area (Å²) in [6, 6.07) is 7.29. The van der Waals surface area contributed by atoms with Crippen molar-refractivity contribution in [2.45, 2.75) is 0 Å². The first-order valence-corrected chi connectivity index (χ1v) is 6.98. The minimum atomic E-state index is -0.598. The van der Waals surface area contributed by atoms with Crippen LogP contribution < -0.4 is 10.1 Å². The minimum absolute atomic E-state index is 0.210. The number of esters is 1. The van der Waals surface area contributed by atoms with Gasteiger partial charge in [-0.1, -0.05) is 12.1 Å². The molecule has 0 bridgehead atoms. The molecule has 0 radical (unpaired) electrons. The van der Waals surface area contributed by atoms with Crippen molar-refractivity contribution in [1.82, 2.24) is 5.32 Å². The Morgan fingerprint density at radius 3 is 2.91 bits per heavy atom. The van der Waals surface area contributed by atoms with Crippen molar-refractivity contribution >= 4 is 35.0 Å². The van der Waals surface area contributed by atoms with E-state index >= 15 is 0 Å². The Balaban J connectivity index is 2.05. The van der Waals surface area contributed by atoms with E-state index in [1.807, 2.05) is 18.2 Å². The number of amides is 1. The van der Waals surface area contributed by atoms with Crippen LogP contribution in [0.4, 0.5) is 0 Å². The fourth-order valence-electron chi connectivity index (χ4n) is 1.51. The van der Waals surface area contributed by atoms with Crippen molar-refractivity contribution in [3.63, 3.8) is 0 Å². The average molecular weight is 319 g/mol. The van der Waals surface area contributed by atoms with E-state index in [4.69, 9.17) is 4.74 Å². The lowest BCUT2D eigenvalue weighted by molar-refractivity contribution is -0.135. The molecule has 0 unspecified atom stereocenters. The molecule has 0 aromatic heterocycles. The van der Waals surface area contributed by atoms with E-state index in [0.29, 0.717) is 10.9 Å². The molecule has 1 fully saturated rings. The molecule has 7 nitrogen and oxygen atoms in total. The second kappa shape index (κ2) is 7.41. The van der Waals surface area contributed by atoms with Crippen LogP contribution in [0.3, 0.4) is 0 Å². The summed E-state index contributed by atoms with van der Waals surface area (Å²) < 4.78 is 9.57. The van der Waals surface area contributed by atoms with Gasteiger partial charge in [0.25, 0.3) is 5.91 Å². The van der Waals surface area contributed by atoms with E-state index in [-0.39, 0.29) is 4.91 Å². The maximum Gasteiger partial charge on any atom is 0.331 e. The largest absolute Gasteiger partial charge is 0.497 e. The number of methoxy groups -OCH3 is 2. The molecule has 0 atom stereocenters. The molecule has 1 saturated heterocycles. The molecule has 2 rings (SSSR count). The van der Waals surface area contributed by atoms with Crippen molar-refractivity contribution in [2.75, 3.05) is 14.2 Å². The fourth-order valence-corrected chi connectivity index (χ4v) is 2.25. The zero-order valence-electron chi connectivity index (χ0n) is 11.9. The van der Waals surface area contributed by atoms with Gasteiger partial charge >= 0.3 is 5.97 Å². The van der Waals surface area contributed by atoms with Crippen LogP contribution in [0.5, 0.6) is 5.75 Å². The summed E-state index contributed by atoms with van der Waals surface area (Å²) in [7, 11) is 2.82. The SMILES string of the molecule is COC(=O)/C=C1/S/C(=N\N=Cc2cccc(OC)c2)NC1=O. The van der Waals surface area contributed by atoms with Gasteiger partial charge in [-0.2, -0.15) is 5.10 Å². The van der Waals surface area contributed by atoms with Gasteiger partial charge in [-0.3, -0.25) is 10.1 Å². The first kappa shape index (κ1) is 15.8. The second-order valence-electron chi connectivity index (χ2n) is 4.01. The topological polar surface area (TPSA) is 89.3 Å². The van der Waals surface area contributed by atoms with Gasteiger partial charge in [-0.05, 0) is 29.5 Å². The summed E-state index contributed by atoms with van der Waals surface area (Å²) in [5, 5.41) is 10.6. The molecular weight excluding hydrogens is 306 g/mol. The molecule has 0 spiro atoms. The quantitative estimate of drug-likeness (QED) is 0.391. The van der Waals surface area contributed by atoms with E-state index in [0.717, 1.165) is 23.4 Å². The summed E-state index contributed by atoms with van der Waals surface area (Å²) in [5.41, 5.74) is 0.809. The summed E-state index contributed by atoms with van der Waals surface area (Å²) in [6.45, 7) is 0. The minimum Gasteiger partial charge on any atom is -0.497 e. The number of benzene rings is 1. The van der Waals surface area contributed by atoms with Crippen molar-refractivity contribution in [3.8, 4) is 5.75 Å². The van der Waals surface area contributed by atoms with Gasteiger partial charge in [0.1, 0.15) is 5.75 Å². The Morgan fingerprint density at radius 2 is 2.18 bits per heavy atom. The molecular formula is C14H13N3O4S. The van der Waals surface area contributed by atoms with E-state index in [9.17, 15) is 9.59 Å². The molecule has 114 valence electrons. The fraction of sp³-hybridized carbons (Fsp3) is 0.143. The number of hydrogen-bond acceptors (Lipinski definition) is 7. The molecule has 1 heterocycles. The highest BCUT2D eigenvalue weighted by Gasteiger charge is 2.24. The predicted molar refractivity (Wildman–Crippen MR) is 83.9 cm³/mol. The van der Waals surface area contributed by atoms with Gasteiger partial charge in [0, 0.05) is 6.08 Å². The normalized spacial score (nSPS) is 18.0. The van der Waals surface area contributed by atoms with Gasteiger partial charge in [-0.15, -0.1) is 5.10 Å². The van der Waals surface area contributed by atoms with Crippen molar-refractivity contribution in [2.24, 2.45) is 10.2 Å². The van der Waals surface area contributed by atoms with Gasteiger partial charge in [0.05, 0.1) is 25.3 Å². The third-order valence-corrected chi connectivity index (χ3v) is 3.45. The number of carbonyl (C=O) groups is 2. The molecule has 0 aliphatic carbocycles. The highest BCUT2D eigenvalue weighted by Crippen LogP contribution is 2.23. The number of thioether (sulfide) groups is 1. The Labute approximate surface area is 131 Å². The maximum atomic E-state index is 11.6. The average Bonchev–Trinajstić information content (AvgIpc) is 2.87. The Bertz CT molecular complexity index is 682. The van der Waals surface area contributed by atoms with Crippen LogP contribution in [-0.2, 0) is 14.3 Å². The number of carbonyl (C=O) groups excluding carboxylic acids is 2. The van der Waals surface area contributed by atoms with Crippen LogP contribution in [0.15, 0.2) is 45.4 Å². The number of rotatable bonds is 4. The van der Waals surface area contributed by atoms with Crippen LogP contribution in [0.25, 0.3) is 0 Å². The second-order valence-corrected chi connectivity index (χ2v) is 5.04. The highest BCUT2D eigenvalue weighted by molar-refractivity contribution is 8.18. The first-order valence-electron chi connectivity index (χ1n) is 6.16. The van der Waals surface area contributed by atoms with Crippen LogP contribution in [0, 0.1) is 0 Å². The van der Waals surface area contributed by atoms with Crippen molar-refractivity contribution in [1.29, 1.82) is 0 Å². The lowest BCUT2D eigenvalue weighted by Gasteiger charge is -1.98. The molecule has 1 aliphatic heterocycles. The molecule has 1 amide bonds. The van der Waals surface area contributed by atoms with E-state index < -0.39 is 11.9 Å². The molecule has 1 aromatic carbocycles. The maximum absolute atomic E-state index is 11.6. The molecule has 0 saturated carbocycles. The highest BCUT2D eigenvalue weighted by atomic mass is 32.2. The number of nitrogens with zero attached hydrogens (tertiary/aromatic N) is 2. The standard InChI is InChI=1S/C14H13N3O4S/c1-20-10-5-3-4-9(6-10)8-15-17-14-16-13(19)11(22-14)7-12(18)21-2/h3-8H,1-2H3,(H,16,17,19)/b11-7+,15-8?. The zero-order chi connectivity index (χ0) is 15.9. The van der Waals surface area contributed by atoms with Crippen LogP contribution in [-0.4, -0.2) is 37.5 Å². The first-order chi connectivity index (χ1) is 10.6. The molecule has 22 heavy (non-hydrogen) atoms. The summed E-state index contributed by atoms with van der Waals surface area (Å²) >= 11 is 1.02. The Hall–Kier alpha value is -2.61. The van der Waals surface area contributed by atoms with Crippen molar-refractivity contribution in [3.05, 3.63) is 40.8 Å². The Kier molecular flexibility index (Phi) is 5.31. The summed E-state index contributed by atoms with van der Waals surface area (Å²) in [6.07, 6.45) is 2.64. The summed E-state index contributed by atoms with van der Waals surface area (Å²) in [5.74, 6) is -0.298.